The molecule has 0 aromatic rings. The van der Waals surface area contributed by atoms with Crippen molar-refractivity contribution < 1.29 is 22.8 Å². The van der Waals surface area contributed by atoms with Gasteiger partial charge in [0.1, 0.15) is 0 Å². The minimum absolute atomic E-state index is 0.0727. The molecule has 118 valence electrons. The van der Waals surface area contributed by atoms with Crippen LogP contribution in [0, 0.1) is 0 Å². The van der Waals surface area contributed by atoms with Gasteiger partial charge in [0, 0.05) is 5.57 Å². The quantitative estimate of drug-likeness (QED) is 0.293. The van der Waals surface area contributed by atoms with Crippen LogP contribution in [0.2, 0.25) is 39.3 Å². The molecule has 0 saturated heterocycles. The fourth-order valence-corrected chi connectivity index (χ4v) is 4.37. The molecule has 0 aliphatic heterocycles. The lowest BCUT2D eigenvalue weighted by atomic mass is 10.4. The third kappa shape index (κ3) is 8.12. The van der Waals surface area contributed by atoms with Gasteiger partial charge in [-0.3, -0.25) is 0 Å². The molecule has 8 heteroatoms. The summed E-state index contributed by atoms with van der Waals surface area (Å²) in [5.74, 6) is -1.74. The van der Waals surface area contributed by atoms with Gasteiger partial charge in [-0.2, -0.15) is 0 Å². The van der Waals surface area contributed by atoms with Crippen LogP contribution in [0.4, 0.5) is 0 Å². The standard InChI is InChI=1S/C12H28O5Si3/c1-10(2)11(13)14-9-12(15-18,16-19(3,4)5)17-20(6,7)8/h1,9H2,2-8,18H3. The van der Waals surface area contributed by atoms with Crippen molar-refractivity contribution in [1.29, 1.82) is 0 Å². The summed E-state index contributed by atoms with van der Waals surface area (Å²) in [5, 5.41) is 0. The van der Waals surface area contributed by atoms with Crippen molar-refractivity contribution in [1.82, 2.24) is 0 Å². The summed E-state index contributed by atoms with van der Waals surface area (Å²) in [4.78, 5) is 11.6. The first kappa shape index (κ1) is 19.7. The van der Waals surface area contributed by atoms with E-state index >= 15 is 0 Å². The Hall–Kier alpha value is -0.259. The van der Waals surface area contributed by atoms with Crippen LogP contribution in [0.15, 0.2) is 12.2 Å². The Morgan fingerprint density at radius 3 is 1.75 bits per heavy atom. The molecular formula is C12H28O5Si3. The van der Waals surface area contributed by atoms with E-state index in [1.54, 1.807) is 6.92 Å². The van der Waals surface area contributed by atoms with Crippen LogP contribution in [-0.2, 0) is 22.8 Å². The maximum atomic E-state index is 11.6. The van der Waals surface area contributed by atoms with Crippen LogP contribution in [0.25, 0.3) is 0 Å². The van der Waals surface area contributed by atoms with Gasteiger partial charge in [-0.1, -0.05) is 6.58 Å². The Kier molecular flexibility index (Phi) is 7.05. The second-order valence-electron chi connectivity index (χ2n) is 6.67. The molecule has 0 bridgehead atoms. The third-order valence-corrected chi connectivity index (χ3v) is 4.43. The molecule has 0 saturated carbocycles. The lowest BCUT2D eigenvalue weighted by Crippen LogP contribution is -2.54. The summed E-state index contributed by atoms with van der Waals surface area (Å²) >= 11 is 0. The van der Waals surface area contributed by atoms with Crippen LogP contribution in [0.5, 0.6) is 0 Å². The second kappa shape index (κ2) is 7.14. The summed E-state index contributed by atoms with van der Waals surface area (Å²) in [6.07, 6.45) is 0. The SMILES string of the molecule is C=C(C)C(=O)OCC(O[SiH3])(O[Si](C)(C)C)O[Si](C)(C)C. The molecule has 5 nitrogen and oxygen atoms in total. The van der Waals surface area contributed by atoms with E-state index in [0.717, 1.165) is 0 Å². The molecule has 0 aromatic carbocycles. The summed E-state index contributed by atoms with van der Waals surface area (Å²) in [5.41, 5.74) is 0.341. The number of carbonyl (C=O) groups is 1. The molecule has 0 fully saturated rings. The van der Waals surface area contributed by atoms with Crippen molar-refractivity contribution in [3.05, 3.63) is 12.2 Å². The van der Waals surface area contributed by atoms with Gasteiger partial charge >= 0.3 is 5.97 Å². The van der Waals surface area contributed by atoms with Crippen LogP contribution in [0.1, 0.15) is 6.92 Å². The smallest absolute Gasteiger partial charge is 0.333 e. The molecule has 0 spiro atoms. The predicted molar refractivity (Wildman–Crippen MR) is 88.4 cm³/mol. The highest BCUT2D eigenvalue weighted by atomic mass is 28.4. The maximum absolute atomic E-state index is 11.6. The van der Waals surface area contributed by atoms with Crippen LogP contribution < -0.4 is 0 Å². The van der Waals surface area contributed by atoms with Gasteiger partial charge in [-0.05, 0) is 46.2 Å². The fraction of sp³-hybridized carbons (Fsp3) is 0.750. The minimum Gasteiger partial charge on any atom is -0.454 e. The first-order chi connectivity index (χ1) is 8.80. The number of hydrogen-bond donors (Lipinski definition) is 0. The normalized spacial score (nSPS) is 13.3. The van der Waals surface area contributed by atoms with Crippen molar-refractivity contribution >= 4 is 33.1 Å². The predicted octanol–water partition coefficient (Wildman–Crippen LogP) is 1.76. The molecule has 0 aliphatic carbocycles. The van der Waals surface area contributed by atoms with Crippen LogP contribution >= 0.6 is 0 Å². The van der Waals surface area contributed by atoms with E-state index in [1.165, 1.54) is 0 Å². The lowest BCUT2D eigenvalue weighted by Gasteiger charge is -2.41. The van der Waals surface area contributed by atoms with E-state index in [2.05, 4.69) is 6.58 Å². The zero-order chi connectivity index (χ0) is 16.2. The highest BCUT2D eigenvalue weighted by molar-refractivity contribution is 6.71. The molecule has 0 heterocycles. The molecule has 0 amide bonds. The summed E-state index contributed by atoms with van der Waals surface area (Å²) in [6.45, 7) is 17.3. The van der Waals surface area contributed by atoms with E-state index in [0.29, 0.717) is 16.1 Å². The number of carbonyl (C=O) groups excluding carboxylic acids is 1. The number of ether oxygens (including phenoxy) is 1. The van der Waals surface area contributed by atoms with E-state index in [9.17, 15) is 4.79 Å². The van der Waals surface area contributed by atoms with Gasteiger partial charge in [0.2, 0.25) is 0 Å². The highest BCUT2D eigenvalue weighted by Crippen LogP contribution is 2.25. The molecular weight excluding hydrogens is 308 g/mol. The fourth-order valence-electron chi connectivity index (χ4n) is 1.43. The van der Waals surface area contributed by atoms with Gasteiger partial charge in [-0.15, -0.1) is 0 Å². The van der Waals surface area contributed by atoms with Gasteiger partial charge in [0.15, 0.2) is 33.7 Å². The lowest BCUT2D eigenvalue weighted by molar-refractivity contribution is -0.283. The molecule has 0 unspecified atom stereocenters. The maximum Gasteiger partial charge on any atom is 0.333 e. The largest absolute Gasteiger partial charge is 0.454 e. The average Bonchev–Trinajstić information content (AvgIpc) is 2.20. The second-order valence-corrected chi connectivity index (χ2v) is 15.9. The van der Waals surface area contributed by atoms with E-state index in [4.69, 9.17) is 18.0 Å². The van der Waals surface area contributed by atoms with Gasteiger partial charge in [0.05, 0.1) is 0 Å². The minimum atomic E-state index is -1.93. The molecule has 20 heavy (non-hydrogen) atoms. The first-order valence-corrected chi connectivity index (χ1v) is 14.2. The Balaban J connectivity index is 5.11. The van der Waals surface area contributed by atoms with Crippen LogP contribution in [0.3, 0.4) is 0 Å². The van der Waals surface area contributed by atoms with Gasteiger partial charge < -0.3 is 18.0 Å². The molecule has 0 aromatic heterocycles. The number of rotatable bonds is 8. The zero-order valence-corrected chi connectivity index (χ0v) is 18.0. The van der Waals surface area contributed by atoms with E-state index < -0.39 is 28.6 Å². The molecule has 0 atom stereocenters. The van der Waals surface area contributed by atoms with E-state index in [-0.39, 0.29) is 6.61 Å². The summed E-state index contributed by atoms with van der Waals surface area (Å²) in [6, 6.07) is 0. The Bertz CT molecular complexity index is 341. The van der Waals surface area contributed by atoms with Crippen molar-refractivity contribution in [3.8, 4) is 0 Å². The van der Waals surface area contributed by atoms with E-state index in [1.807, 2.05) is 39.3 Å². The third-order valence-electron chi connectivity index (χ3n) is 1.96. The summed E-state index contributed by atoms with van der Waals surface area (Å²) in [7, 11) is -3.44. The Morgan fingerprint density at radius 2 is 1.50 bits per heavy atom. The van der Waals surface area contributed by atoms with Gasteiger partial charge in [-0.25, -0.2) is 4.79 Å². The topological polar surface area (TPSA) is 54.0 Å². The Labute approximate surface area is 127 Å². The zero-order valence-electron chi connectivity index (χ0n) is 14.0. The number of esters is 1. The summed E-state index contributed by atoms with van der Waals surface area (Å²) < 4.78 is 22.9. The van der Waals surface area contributed by atoms with Crippen molar-refractivity contribution in [2.24, 2.45) is 0 Å². The van der Waals surface area contributed by atoms with Crippen molar-refractivity contribution in [2.75, 3.05) is 6.61 Å². The molecule has 0 aliphatic rings. The first-order valence-electron chi connectivity index (χ1n) is 6.58. The molecule has 0 radical (unpaired) electrons. The number of hydrogen-bond acceptors (Lipinski definition) is 5. The molecule has 0 N–H and O–H groups in total. The van der Waals surface area contributed by atoms with Crippen molar-refractivity contribution in [2.45, 2.75) is 52.2 Å². The average molecular weight is 337 g/mol. The Morgan fingerprint density at radius 1 is 1.10 bits per heavy atom. The molecule has 0 rings (SSSR count). The highest BCUT2D eigenvalue weighted by Gasteiger charge is 2.42. The van der Waals surface area contributed by atoms with Gasteiger partial charge in [0.25, 0.3) is 5.97 Å². The monoisotopic (exact) mass is 336 g/mol. The van der Waals surface area contributed by atoms with Crippen molar-refractivity contribution in [3.63, 3.8) is 0 Å². The van der Waals surface area contributed by atoms with Crippen LogP contribution in [-0.4, -0.2) is 45.7 Å².